The van der Waals surface area contributed by atoms with Gasteiger partial charge in [-0.05, 0) is 13.8 Å². The molecule has 0 fully saturated rings. The van der Waals surface area contributed by atoms with Gasteiger partial charge in [0.25, 0.3) is 0 Å². The molecule has 0 aromatic carbocycles. The minimum absolute atomic E-state index is 0.109. The molecule has 0 amide bonds. The van der Waals surface area contributed by atoms with Crippen molar-refractivity contribution in [1.29, 1.82) is 0 Å². The number of nitrogens with zero attached hydrogens (tertiary/aromatic N) is 2. The highest BCUT2D eigenvalue weighted by Crippen LogP contribution is 1.98. The Bertz CT molecular complexity index is 320. The fourth-order valence-corrected chi connectivity index (χ4v) is 0.678. The molecule has 0 N–H and O–H groups in total. The van der Waals surface area contributed by atoms with E-state index in [0.717, 1.165) is 5.76 Å². The molecular formula is C9H10N2O. The summed E-state index contributed by atoms with van der Waals surface area (Å²) in [4.78, 5) is 4.04. The smallest absolute Gasteiger partial charge is 0.134 e. The van der Waals surface area contributed by atoms with Crippen LogP contribution in [0, 0.1) is 19.3 Å². The van der Waals surface area contributed by atoms with Crippen LogP contribution in [0.3, 0.4) is 0 Å². The zero-order chi connectivity index (χ0) is 8.97. The summed E-state index contributed by atoms with van der Waals surface area (Å²) in [5.41, 5.74) is 0.703. The number of rotatable bonds is 2. The summed E-state index contributed by atoms with van der Waals surface area (Å²) in [6.45, 7) is 3.67. The quantitative estimate of drug-likeness (QED) is 0.487. The van der Waals surface area contributed by atoms with Crippen LogP contribution in [-0.4, -0.2) is 17.4 Å². The molecular weight excluding hydrogens is 152 g/mol. The summed E-state index contributed by atoms with van der Waals surface area (Å²) in [6.07, 6.45) is 6.75. The standard InChI is InChI=1S/C9H10N2O/c1-4-7(2)10-6-9-5-8(3)12-11-9/h1,5-7H,2-3H3. The third-order valence-corrected chi connectivity index (χ3v) is 1.32. The molecule has 0 saturated carbocycles. The summed E-state index contributed by atoms with van der Waals surface area (Å²) in [5.74, 6) is 3.25. The summed E-state index contributed by atoms with van der Waals surface area (Å²) in [5, 5.41) is 3.73. The van der Waals surface area contributed by atoms with E-state index in [2.05, 4.69) is 16.1 Å². The molecule has 0 saturated heterocycles. The molecule has 0 aliphatic carbocycles. The molecule has 0 aliphatic rings. The van der Waals surface area contributed by atoms with Crippen LogP contribution in [-0.2, 0) is 0 Å². The second kappa shape index (κ2) is 3.72. The van der Waals surface area contributed by atoms with Gasteiger partial charge >= 0.3 is 0 Å². The van der Waals surface area contributed by atoms with Gasteiger partial charge in [0.2, 0.25) is 0 Å². The lowest BCUT2D eigenvalue weighted by atomic mass is 10.3. The third kappa shape index (κ3) is 2.24. The Morgan fingerprint density at radius 1 is 1.83 bits per heavy atom. The SMILES string of the molecule is C#CC(C)N=Cc1cc(C)on1. The van der Waals surface area contributed by atoms with Crippen molar-refractivity contribution in [3.63, 3.8) is 0 Å². The number of hydrogen-bond acceptors (Lipinski definition) is 3. The number of hydrogen-bond donors (Lipinski definition) is 0. The summed E-state index contributed by atoms with van der Waals surface area (Å²) >= 11 is 0. The molecule has 1 aromatic rings. The minimum atomic E-state index is -0.109. The van der Waals surface area contributed by atoms with Crippen molar-refractivity contribution in [2.45, 2.75) is 19.9 Å². The Kier molecular flexibility index (Phi) is 2.65. The van der Waals surface area contributed by atoms with E-state index in [4.69, 9.17) is 10.9 Å². The fourth-order valence-electron chi connectivity index (χ4n) is 0.678. The first kappa shape index (κ1) is 8.54. The lowest BCUT2D eigenvalue weighted by Gasteiger charge is -1.90. The highest BCUT2D eigenvalue weighted by molar-refractivity contribution is 5.77. The molecule has 1 aromatic heterocycles. The minimum Gasteiger partial charge on any atom is -0.361 e. The van der Waals surface area contributed by atoms with Gasteiger partial charge in [0, 0.05) is 6.07 Å². The Morgan fingerprint density at radius 2 is 2.58 bits per heavy atom. The van der Waals surface area contributed by atoms with Crippen LogP contribution in [0.25, 0.3) is 0 Å². The molecule has 1 heterocycles. The van der Waals surface area contributed by atoms with Gasteiger partial charge in [0.05, 0.1) is 6.21 Å². The molecule has 0 bridgehead atoms. The molecule has 3 heteroatoms. The van der Waals surface area contributed by atoms with Crippen LogP contribution in [0.4, 0.5) is 0 Å². The van der Waals surface area contributed by atoms with Crippen molar-refractivity contribution in [3.8, 4) is 12.3 Å². The van der Waals surface area contributed by atoms with E-state index >= 15 is 0 Å². The zero-order valence-electron chi connectivity index (χ0n) is 7.11. The molecule has 0 aliphatic heterocycles. The van der Waals surface area contributed by atoms with Crippen molar-refractivity contribution in [2.24, 2.45) is 4.99 Å². The second-order valence-electron chi connectivity index (χ2n) is 2.48. The van der Waals surface area contributed by atoms with E-state index in [1.165, 1.54) is 0 Å². The summed E-state index contributed by atoms with van der Waals surface area (Å²) < 4.78 is 4.84. The number of aromatic nitrogens is 1. The fraction of sp³-hybridized carbons (Fsp3) is 0.333. The average Bonchev–Trinajstić information content (AvgIpc) is 2.47. The summed E-state index contributed by atoms with van der Waals surface area (Å²) in [7, 11) is 0. The average molecular weight is 162 g/mol. The van der Waals surface area contributed by atoms with Crippen LogP contribution in [0.2, 0.25) is 0 Å². The first-order valence-corrected chi connectivity index (χ1v) is 3.65. The normalized spacial score (nSPS) is 13.1. The molecule has 1 rings (SSSR count). The highest BCUT2D eigenvalue weighted by atomic mass is 16.5. The van der Waals surface area contributed by atoms with E-state index in [0.29, 0.717) is 5.69 Å². The molecule has 12 heavy (non-hydrogen) atoms. The topological polar surface area (TPSA) is 38.4 Å². The molecule has 0 radical (unpaired) electrons. The van der Waals surface area contributed by atoms with Gasteiger partial charge in [0.1, 0.15) is 17.5 Å². The zero-order valence-corrected chi connectivity index (χ0v) is 7.11. The maximum Gasteiger partial charge on any atom is 0.134 e. The largest absolute Gasteiger partial charge is 0.361 e. The van der Waals surface area contributed by atoms with Crippen molar-refractivity contribution in [1.82, 2.24) is 5.16 Å². The van der Waals surface area contributed by atoms with E-state index < -0.39 is 0 Å². The molecule has 1 atom stereocenters. The van der Waals surface area contributed by atoms with Gasteiger partial charge in [0.15, 0.2) is 0 Å². The van der Waals surface area contributed by atoms with Crippen molar-refractivity contribution < 1.29 is 4.52 Å². The lowest BCUT2D eigenvalue weighted by Crippen LogP contribution is -1.92. The van der Waals surface area contributed by atoms with E-state index in [-0.39, 0.29) is 6.04 Å². The third-order valence-electron chi connectivity index (χ3n) is 1.32. The predicted octanol–water partition coefficient (Wildman–Crippen LogP) is 1.42. The van der Waals surface area contributed by atoms with Gasteiger partial charge in [-0.3, -0.25) is 4.99 Å². The lowest BCUT2D eigenvalue weighted by molar-refractivity contribution is 0.396. The highest BCUT2D eigenvalue weighted by Gasteiger charge is 1.95. The van der Waals surface area contributed by atoms with Gasteiger partial charge in [-0.15, -0.1) is 6.42 Å². The van der Waals surface area contributed by atoms with Gasteiger partial charge in [-0.25, -0.2) is 0 Å². The first-order valence-electron chi connectivity index (χ1n) is 3.65. The predicted molar refractivity (Wildman–Crippen MR) is 47.1 cm³/mol. The molecule has 62 valence electrons. The maximum atomic E-state index is 5.13. The Morgan fingerprint density at radius 3 is 3.08 bits per heavy atom. The van der Waals surface area contributed by atoms with Gasteiger partial charge < -0.3 is 4.52 Å². The van der Waals surface area contributed by atoms with E-state index in [1.54, 1.807) is 12.3 Å². The molecule has 3 nitrogen and oxygen atoms in total. The molecule has 0 spiro atoms. The van der Waals surface area contributed by atoms with Crippen LogP contribution in [0.5, 0.6) is 0 Å². The Labute approximate surface area is 71.5 Å². The van der Waals surface area contributed by atoms with E-state index in [1.807, 2.05) is 13.8 Å². The van der Waals surface area contributed by atoms with Crippen molar-refractivity contribution >= 4 is 6.21 Å². The van der Waals surface area contributed by atoms with E-state index in [9.17, 15) is 0 Å². The monoisotopic (exact) mass is 162 g/mol. The number of aryl methyl sites for hydroxylation is 1. The second-order valence-corrected chi connectivity index (χ2v) is 2.48. The van der Waals surface area contributed by atoms with Crippen LogP contribution in [0.15, 0.2) is 15.6 Å². The van der Waals surface area contributed by atoms with Gasteiger partial charge in [-0.2, -0.15) is 0 Å². The van der Waals surface area contributed by atoms with Crippen LogP contribution in [0.1, 0.15) is 18.4 Å². The first-order chi connectivity index (χ1) is 5.72. The summed E-state index contributed by atoms with van der Waals surface area (Å²) in [6, 6.07) is 1.69. The molecule has 1 unspecified atom stereocenters. The Balaban J connectivity index is 2.64. The number of aliphatic imine (C=N–C) groups is 1. The van der Waals surface area contributed by atoms with Crippen LogP contribution < -0.4 is 0 Å². The van der Waals surface area contributed by atoms with Crippen molar-refractivity contribution in [2.75, 3.05) is 0 Å². The number of terminal acetylenes is 1. The Hall–Kier alpha value is -1.56. The van der Waals surface area contributed by atoms with Gasteiger partial charge in [-0.1, -0.05) is 11.1 Å². The van der Waals surface area contributed by atoms with Crippen molar-refractivity contribution in [3.05, 3.63) is 17.5 Å². The van der Waals surface area contributed by atoms with Crippen LogP contribution >= 0.6 is 0 Å². The maximum absolute atomic E-state index is 5.13.